The highest BCUT2D eigenvalue weighted by Crippen LogP contribution is 2.28. The molecular formula is C24H24N2O4. The van der Waals surface area contributed by atoms with Crippen molar-refractivity contribution in [2.45, 2.75) is 13.5 Å². The third-order valence-electron chi connectivity index (χ3n) is 4.21. The zero-order valence-corrected chi connectivity index (χ0v) is 17.0. The van der Waals surface area contributed by atoms with Crippen LogP contribution in [0.5, 0.6) is 17.2 Å². The van der Waals surface area contributed by atoms with Crippen molar-refractivity contribution in [3.63, 3.8) is 0 Å². The third-order valence-corrected chi connectivity index (χ3v) is 4.21. The molecule has 0 aliphatic heterocycles. The van der Waals surface area contributed by atoms with E-state index in [9.17, 15) is 4.79 Å². The molecule has 0 radical (unpaired) electrons. The van der Waals surface area contributed by atoms with Crippen LogP contribution < -0.4 is 19.6 Å². The average molecular weight is 404 g/mol. The predicted octanol–water partition coefficient (Wildman–Crippen LogP) is 4.44. The summed E-state index contributed by atoms with van der Waals surface area (Å²) < 4.78 is 16.7. The monoisotopic (exact) mass is 404 g/mol. The fraction of sp³-hybridized carbons (Fsp3) is 0.167. The molecule has 3 rings (SSSR count). The molecule has 0 saturated heterocycles. The van der Waals surface area contributed by atoms with Gasteiger partial charge < -0.3 is 14.2 Å². The van der Waals surface area contributed by atoms with Gasteiger partial charge in [-0.25, -0.2) is 5.43 Å². The summed E-state index contributed by atoms with van der Waals surface area (Å²) in [5.74, 6) is 1.45. The molecule has 0 unspecified atom stereocenters. The fourth-order valence-corrected chi connectivity index (χ4v) is 2.74. The van der Waals surface area contributed by atoms with Gasteiger partial charge in [-0.05, 0) is 48.4 Å². The molecule has 0 fully saturated rings. The number of hydrogen-bond donors (Lipinski definition) is 1. The van der Waals surface area contributed by atoms with Crippen LogP contribution in [0, 0.1) is 0 Å². The standard InChI is InChI=1S/C24H24N2O4/c1-3-29-21-11-7-10-19(14-21)16-25-26-24(27)20-12-13-22(23(15-20)28-2)30-17-18-8-5-4-6-9-18/h4-16H,3,17H2,1-2H3,(H,26,27)/b25-16+. The maximum atomic E-state index is 12.4. The number of nitrogens with zero attached hydrogens (tertiary/aromatic N) is 1. The lowest BCUT2D eigenvalue weighted by molar-refractivity contribution is 0.0954. The molecule has 0 aliphatic carbocycles. The van der Waals surface area contributed by atoms with E-state index in [1.54, 1.807) is 24.4 Å². The normalized spacial score (nSPS) is 10.6. The van der Waals surface area contributed by atoms with Crippen LogP contribution in [0.4, 0.5) is 0 Å². The molecule has 0 spiro atoms. The molecule has 6 heteroatoms. The Labute approximate surface area is 176 Å². The molecule has 0 saturated carbocycles. The number of nitrogens with one attached hydrogen (secondary N) is 1. The van der Waals surface area contributed by atoms with Crippen LogP contribution in [0.1, 0.15) is 28.4 Å². The highest BCUT2D eigenvalue weighted by molar-refractivity contribution is 5.95. The lowest BCUT2D eigenvalue weighted by Crippen LogP contribution is -2.17. The van der Waals surface area contributed by atoms with Crippen molar-refractivity contribution in [1.82, 2.24) is 5.43 Å². The van der Waals surface area contributed by atoms with Gasteiger partial charge in [-0.2, -0.15) is 5.10 Å². The molecule has 3 aromatic rings. The molecule has 154 valence electrons. The quantitative estimate of drug-likeness (QED) is 0.423. The van der Waals surface area contributed by atoms with Gasteiger partial charge >= 0.3 is 0 Å². The van der Waals surface area contributed by atoms with Crippen molar-refractivity contribution in [3.8, 4) is 17.2 Å². The minimum absolute atomic E-state index is 0.347. The Morgan fingerprint density at radius 3 is 2.57 bits per heavy atom. The van der Waals surface area contributed by atoms with E-state index in [4.69, 9.17) is 14.2 Å². The topological polar surface area (TPSA) is 69.2 Å². The van der Waals surface area contributed by atoms with E-state index < -0.39 is 0 Å². The number of carbonyl (C=O) groups excluding carboxylic acids is 1. The number of rotatable bonds is 9. The molecule has 3 aromatic carbocycles. The molecule has 0 atom stereocenters. The van der Waals surface area contributed by atoms with Crippen LogP contribution >= 0.6 is 0 Å². The van der Waals surface area contributed by atoms with Gasteiger partial charge in [0.05, 0.1) is 19.9 Å². The second kappa shape index (κ2) is 10.7. The van der Waals surface area contributed by atoms with E-state index in [0.29, 0.717) is 30.3 Å². The Hall–Kier alpha value is -3.80. The van der Waals surface area contributed by atoms with Gasteiger partial charge in [0.15, 0.2) is 11.5 Å². The summed E-state index contributed by atoms with van der Waals surface area (Å²) in [4.78, 5) is 12.4. The summed E-state index contributed by atoms with van der Waals surface area (Å²) in [5.41, 5.74) is 4.80. The van der Waals surface area contributed by atoms with Crippen molar-refractivity contribution in [1.29, 1.82) is 0 Å². The second-order valence-electron chi connectivity index (χ2n) is 6.34. The maximum absolute atomic E-state index is 12.4. The Bertz CT molecular complexity index is 1000. The molecule has 30 heavy (non-hydrogen) atoms. The minimum Gasteiger partial charge on any atom is -0.494 e. The first-order valence-electron chi connectivity index (χ1n) is 9.60. The largest absolute Gasteiger partial charge is 0.494 e. The van der Waals surface area contributed by atoms with Crippen LogP contribution in [0.2, 0.25) is 0 Å². The van der Waals surface area contributed by atoms with E-state index in [1.165, 1.54) is 7.11 Å². The minimum atomic E-state index is -0.347. The zero-order chi connectivity index (χ0) is 21.2. The highest BCUT2D eigenvalue weighted by Gasteiger charge is 2.11. The smallest absolute Gasteiger partial charge is 0.271 e. The van der Waals surface area contributed by atoms with E-state index in [1.807, 2.05) is 61.5 Å². The van der Waals surface area contributed by atoms with E-state index in [0.717, 1.165) is 16.9 Å². The number of benzene rings is 3. The van der Waals surface area contributed by atoms with Crippen molar-refractivity contribution >= 4 is 12.1 Å². The predicted molar refractivity (Wildman–Crippen MR) is 116 cm³/mol. The van der Waals surface area contributed by atoms with Crippen molar-refractivity contribution in [2.24, 2.45) is 5.10 Å². The summed E-state index contributed by atoms with van der Waals surface area (Å²) in [6, 6.07) is 22.3. The van der Waals surface area contributed by atoms with Gasteiger partial charge in [0.25, 0.3) is 5.91 Å². The number of hydrogen-bond acceptors (Lipinski definition) is 5. The first-order chi connectivity index (χ1) is 14.7. The number of carbonyl (C=O) groups is 1. The number of hydrazone groups is 1. The van der Waals surface area contributed by atoms with Crippen molar-refractivity contribution in [3.05, 3.63) is 89.5 Å². The fourth-order valence-electron chi connectivity index (χ4n) is 2.74. The molecular weight excluding hydrogens is 380 g/mol. The lowest BCUT2D eigenvalue weighted by Gasteiger charge is -2.12. The van der Waals surface area contributed by atoms with Crippen molar-refractivity contribution < 1.29 is 19.0 Å². The van der Waals surface area contributed by atoms with Crippen LogP contribution in [0.3, 0.4) is 0 Å². The third kappa shape index (κ3) is 5.85. The van der Waals surface area contributed by atoms with Gasteiger partial charge in [0.2, 0.25) is 0 Å². The Kier molecular flexibility index (Phi) is 7.44. The number of amides is 1. The number of methoxy groups -OCH3 is 1. The summed E-state index contributed by atoms with van der Waals surface area (Å²) in [6.45, 7) is 2.92. The molecule has 1 N–H and O–H groups in total. The summed E-state index contributed by atoms with van der Waals surface area (Å²) >= 11 is 0. The van der Waals surface area contributed by atoms with E-state index >= 15 is 0 Å². The van der Waals surface area contributed by atoms with Gasteiger partial charge in [-0.3, -0.25) is 4.79 Å². The number of ether oxygens (including phenoxy) is 3. The SMILES string of the molecule is CCOc1cccc(/C=N/NC(=O)c2ccc(OCc3ccccc3)c(OC)c2)c1. The van der Waals surface area contributed by atoms with Gasteiger partial charge in [-0.1, -0.05) is 42.5 Å². The Morgan fingerprint density at radius 1 is 0.967 bits per heavy atom. The van der Waals surface area contributed by atoms with Crippen LogP contribution in [0.15, 0.2) is 77.9 Å². The molecule has 6 nitrogen and oxygen atoms in total. The van der Waals surface area contributed by atoms with Crippen LogP contribution in [-0.2, 0) is 6.61 Å². The Morgan fingerprint density at radius 2 is 1.80 bits per heavy atom. The molecule has 0 aliphatic rings. The Balaban J connectivity index is 1.62. The highest BCUT2D eigenvalue weighted by atomic mass is 16.5. The van der Waals surface area contributed by atoms with Crippen LogP contribution in [0.25, 0.3) is 0 Å². The molecule has 0 heterocycles. The summed E-state index contributed by atoms with van der Waals surface area (Å²) in [5, 5.41) is 4.02. The molecule has 1 amide bonds. The van der Waals surface area contributed by atoms with Crippen LogP contribution in [-0.4, -0.2) is 25.8 Å². The molecule has 0 aromatic heterocycles. The lowest BCUT2D eigenvalue weighted by atomic mass is 10.2. The van der Waals surface area contributed by atoms with Gasteiger partial charge in [0.1, 0.15) is 12.4 Å². The first-order valence-corrected chi connectivity index (χ1v) is 9.60. The summed E-state index contributed by atoms with van der Waals surface area (Å²) in [6.07, 6.45) is 1.56. The van der Waals surface area contributed by atoms with Gasteiger partial charge in [0, 0.05) is 5.56 Å². The first kappa shape index (κ1) is 20.9. The summed E-state index contributed by atoms with van der Waals surface area (Å²) in [7, 11) is 1.54. The van der Waals surface area contributed by atoms with Gasteiger partial charge in [-0.15, -0.1) is 0 Å². The van der Waals surface area contributed by atoms with E-state index in [2.05, 4.69) is 10.5 Å². The second-order valence-corrected chi connectivity index (χ2v) is 6.34. The van der Waals surface area contributed by atoms with Crippen molar-refractivity contribution in [2.75, 3.05) is 13.7 Å². The maximum Gasteiger partial charge on any atom is 0.271 e. The molecule has 0 bridgehead atoms. The zero-order valence-electron chi connectivity index (χ0n) is 17.0. The van der Waals surface area contributed by atoms with E-state index in [-0.39, 0.29) is 5.91 Å². The average Bonchev–Trinajstić information content (AvgIpc) is 2.78.